The van der Waals surface area contributed by atoms with Crippen LogP contribution in [0, 0.1) is 193 Å². The van der Waals surface area contributed by atoms with Crippen molar-refractivity contribution >= 4 is 46.9 Å². The van der Waals surface area contributed by atoms with Gasteiger partial charge in [-0.25, -0.2) is 29.9 Å². The van der Waals surface area contributed by atoms with E-state index in [1.807, 2.05) is 77.3 Å². The number of aromatic nitrogens is 8. The molecule has 2 amide bonds. The number of rotatable bonds is 9. The van der Waals surface area contributed by atoms with Crippen LogP contribution in [0.5, 0.6) is 0 Å². The Labute approximate surface area is 913 Å². The lowest BCUT2D eigenvalue weighted by molar-refractivity contribution is -0.140. The number of aryl methyl sites for hydroxylation is 6. The summed E-state index contributed by atoms with van der Waals surface area (Å²) >= 11 is 0. The van der Waals surface area contributed by atoms with E-state index in [4.69, 9.17) is 5.26 Å². The Morgan fingerprint density at radius 3 is 0.993 bits per heavy atom. The highest BCUT2D eigenvalue weighted by Gasteiger charge is 2.51. The van der Waals surface area contributed by atoms with Crippen molar-refractivity contribution in [3.8, 4) is 6.07 Å². The predicted octanol–water partition coefficient (Wildman–Crippen LogP) is 31.3. The summed E-state index contributed by atoms with van der Waals surface area (Å²) in [6.07, 6.45) is 21.0. The third-order valence-electron chi connectivity index (χ3n) is 35.1. The number of hydrogen-bond donors (Lipinski definition) is 0. The van der Waals surface area contributed by atoms with E-state index in [9.17, 15) is 9.59 Å². The minimum absolute atomic E-state index is 0.122. The zero-order valence-corrected chi connectivity index (χ0v) is 105. The lowest BCUT2D eigenvalue weighted by atomic mass is 9.62. The van der Waals surface area contributed by atoms with Gasteiger partial charge in [0.2, 0.25) is 23.7 Å². The molecular formula is C130H221N17O2. The first-order chi connectivity index (χ1) is 68.1. The number of benzene rings is 1. The van der Waals surface area contributed by atoms with Crippen LogP contribution < -0.4 is 29.4 Å². The van der Waals surface area contributed by atoms with E-state index in [2.05, 4.69) is 426 Å². The van der Waals surface area contributed by atoms with E-state index in [-0.39, 0.29) is 22.2 Å². The molecule has 0 radical (unpaired) electrons. The molecule has 149 heavy (non-hydrogen) atoms. The lowest BCUT2D eigenvalue weighted by Crippen LogP contribution is -2.52. The Morgan fingerprint density at radius 1 is 0.342 bits per heavy atom. The quantitative estimate of drug-likeness (QED) is 0.133. The number of likely N-dealkylation sites (tertiary alicyclic amines) is 2. The Bertz CT molecular complexity index is 4800. The summed E-state index contributed by atoms with van der Waals surface area (Å²) in [6.45, 7) is 127. The van der Waals surface area contributed by atoms with Crippen molar-refractivity contribution in [1.29, 1.82) is 5.26 Å². The molecule has 19 heteroatoms. The number of nitriles is 1. The van der Waals surface area contributed by atoms with Crippen molar-refractivity contribution in [2.75, 3.05) is 134 Å². The number of carbonyl (C=O) groups is 2. The number of nitrogens with zero attached hydrogens (tertiary/aromatic N) is 17. The lowest BCUT2D eigenvalue weighted by Gasteiger charge is -2.50. The maximum absolute atomic E-state index is 12.1. The molecule has 8 aliphatic rings. The maximum Gasteiger partial charge on any atom is 0.225 e. The summed E-state index contributed by atoms with van der Waals surface area (Å²) in [5, 5.41) is 17.5. The Kier molecular flexibility index (Phi) is 43.5. The molecule has 1 aromatic carbocycles. The van der Waals surface area contributed by atoms with Gasteiger partial charge in [-0.2, -0.15) is 10.4 Å². The highest BCUT2D eigenvalue weighted by Crippen LogP contribution is 2.54. The van der Waals surface area contributed by atoms with Crippen LogP contribution in [0.3, 0.4) is 0 Å². The largest absolute Gasteiger partial charge is 0.371 e. The van der Waals surface area contributed by atoms with Crippen LogP contribution in [0.2, 0.25) is 0 Å². The SMILES string of the molecule is CC(C)C(=O)N1CCC(C(C)(C)C)C(C)(C)C1.CCC(=O)N1CCC(C(C)(C)C)C(C)(C)C1.CCC1CN(c2ccc(C)cn2)CCC1C(C)(C)C.Cc1ccc(N2CCC(C(C)(C)C)C(C)(C)C2)cc1.Cc1ccc(N2CCC(C(C)(C)C)C(C)(C)C2)nc1.Cc1ccc(N2CCC(C(C)(C)C)C(C)(C)C2)nn1.Cc1cnc(N2CCC(C(C)(C)C)C(C)(C)C2)nc1.Cc1nc(N2CCC(C(C)(C)C)C(C)(C)C2)ncc1C#N. The first-order valence-electron chi connectivity index (χ1n) is 57.9. The predicted molar refractivity (Wildman–Crippen MR) is 636 cm³/mol. The molecule has 0 saturated carbocycles. The zero-order valence-electron chi connectivity index (χ0n) is 105. The standard InChI is InChI=1S/C18H29N.C17H26N4.2C17H28N2.2C16H27N3.C15H29NO.C14H27NO/c1-14-7-9-15(10-8-14)19-12-11-16(17(2,3)4)18(5,6)13-19;1-12-13(9-18)10-19-15(20-12)21-8-7-14(16(2,3)4)17(5,6)11-21;1-13-7-8-15(18-11-13)19-10-9-14(16(2,3)4)17(5,6)12-19;1-6-14-12-19(10-9-15(14)17(3,4)5)16-8-7-13(2)11-18-16;1-12-9-17-14(18-10-12)19-8-7-13(15(2,3)4)16(5,6)11-19;1-12-7-8-14(18-17-12)19-10-9-13(15(2,3)4)16(5,6)11-19;1-11(2)13(17)16-9-8-12(14(3,4)5)15(6,7)10-16;1-7-12(16)15-9-8-11(13(2,3)4)14(5,6)10-15/h7-10,16H,11-13H2,1-6H3;10,14H,7-8,11H2,1-6H3;7-8,11,14H,9-10,12H2,1-6H3;7-8,11,14-15H,6,9-10,12H2,1-5H3;9-10,13H,7-8,11H2,1-6H3;7-8,13H,9-11H2,1-6H3;11-12H,8-10H2,1-7H3;11H,7-10H2,1-6H3. The van der Waals surface area contributed by atoms with Crippen molar-refractivity contribution < 1.29 is 9.59 Å². The van der Waals surface area contributed by atoms with Gasteiger partial charge in [-0.15, -0.1) is 5.10 Å². The molecule has 8 saturated heterocycles. The van der Waals surface area contributed by atoms with Crippen molar-refractivity contribution in [3.05, 3.63) is 131 Å². The number of pyridine rings is 2. The first kappa shape index (κ1) is 128. The van der Waals surface area contributed by atoms with E-state index < -0.39 is 0 Å². The van der Waals surface area contributed by atoms with Crippen molar-refractivity contribution in [1.82, 2.24) is 49.9 Å². The molecule has 0 bridgehead atoms. The Hall–Kier alpha value is -8.01. The molecule has 9 unspecified atom stereocenters. The third kappa shape index (κ3) is 36.6. The third-order valence-corrected chi connectivity index (χ3v) is 35.1. The van der Waals surface area contributed by atoms with Crippen molar-refractivity contribution in [2.45, 2.75) is 397 Å². The van der Waals surface area contributed by atoms with Crippen LogP contribution in [-0.4, -0.2) is 166 Å². The monoisotopic (exact) mass is 2050 g/mol. The van der Waals surface area contributed by atoms with Gasteiger partial charge in [0.25, 0.3) is 0 Å². The van der Waals surface area contributed by atoms with Crippen LogP contribution in [0.25, 0.3) is 0 Å². The van der Waals surface area contributed by atoms with Gasteiger partial charge in [-0.3, -0.25) is 9.59 Å². The maximum atomic E-state index is 12.1. The molecule has 9 atom stereocenters. The van der Waals surface area contributed by atoms with E-state index in [0.717, 1.165) is 199 Å². The number of piperidine rings is 8. The van der Waals surface area contributed by atoms with Crippen LogP contribution in [0.15, 0.2) is 91.6 Å². The molecule has 8 aliphatic heterocycles. The van der Waals surface area contributed by atoms with E-state index >= 15 is 0 Å². The summed E-state index contributed by atoms with van der Waals surface area (Å²) in [4.78, 5) is 69.4. The van der Waals surface area contributed by atoms with Crippen LogP contribution >= 0.6 is 0 Å². The molecule has 8 fully saturated rings. The fraction of sp³-hybridized carbons (Fsp3) is 0.762. The zero-order chi connectivity index (χ0) is 113. The molecule has 5 aromatic heterocycles. The van der Waals surface area contributed by atoms with Gasteiger partial charge in [0, 0.05) is 148 Å². The van der Waals surface area contributed by atoms with Crippen molar-refractivity contribution in [2.24, 2.45) is 140 Å². The summed E-state index contributed by atoms with van der Waals surface area (Å²) < 4.78 is 0. The summed E-state index contributed by atoms with van der Waals surface area (Å²) in [6, 6.07) is 23.9. The van der Waals surface area contributed by atoms with Crippen LogP contribution in [0.4, 0.5) is 35.0 Å². The molecular weight excluding hydrogens is 1830 g/mol. The summed E-state index contributed by atoms with van der Waals surface area (Å²) in [5.74, 6) is 12.4. The molecule has 19 nitrogen and oxygen atoms in total. The molecule has 0 spiro atoms. The highest BCUT2D eigenvalue weighted by molar-refractivity contribution is 5.78. The van der Waals surface area contributed by atoms with Gasteiger partial charge in [0.05, 0.1) is 23.1 Å². The second-order valence-electron chi connectivity index (χ2n) is 60.5. The van der Waals surface area contributed by atoms with Gasteiger partial charge in [-0.05, 0) is 280 Å². The molecule has 14 rings (SSSR count). The minimum atomic E-state index is 0.122. The van der Waals surface area contributed by atoms with Crippen LogP contribution in [0.1, 0.15) is 394 Å². The molecule has 838 valence electrons. The molecule has 6 aromatic rings. The number of amides is 2. The average molecular weight is 2050 g/mol. The molecule has 13 heterocycles. The Balaban J connectivity index is 0.000000231. The summed E-state index contributed by atoms with van der Waals surface area (Å²) in [5.41, 5.74) is 13.5. The second-order valence-corrected chi connectivity index (χ2v) is 60.5. The van der Waals surface area contributed by atoms with Crippen LogP contribution in [-0.2, 0) is 9.59 Å². The topological polar surface area (TPSA) is 187 Å². The number of hydrogen-bond acceptors (Lipinski definition) is 17. The highest BCUT2D eigenvalue weighted by atomic mass is 16.2. The summed E-state index contributed by atoms with van der Waals surface area (Å²) in [7, 11) is 0. The van der Waals surface area contributed by atoms with Gasteiger partial charge >= 0.3 is 0 Å². The van der Waals surface area contributed by atoms with E-state index in [1.54, 1.807) is 6.20 Å². The van der Waals surface area contributed by atoms with E-state index in [0.29, 0.717) is 107 Å². The molecule has 0 N–H and O–H groups in total. The molecule has 0 aliphatic carbocycles. The average Bonchev–Trinajstić information content (AvgIpc) is 0.883. The van der Waals surface area contributed by atoms with Gasteiger partial charge in [0.1, 0.15) is 17.7 Å². The van der Waals surface area contributed by atoms with E-state index in [1.165, 1.54) is 67.4 Å². The normalized spacial score (nSPS) is 23.8. The van der Waals surface area contributed by atoms with Gasteiger partial charge in [0.15, 0.2) is 5.82 Å². The van der Waals surface area contributed by atoms with Gasteiger partial charge < -0.3 is 39.2 Å². The number of anilines is 6. The first-order valence-corrected chi connectivity index (χ1v) is 57.9. The van der Waals surface area contributed by atoms with Crippen molar-refractivity contribution in [3.63, 3.8) is 0 Å². The Morgan fingerprint density at radius 2 is 0.658 bits per heavy atom. The smallest absolute Gasteiger partial charge is 0.225 e. The minimum Gasteiger partial charge on any atom is -0.371 e. The second kappa shape index (κ2) is 50.7. The number of carbonyl (C=O) groups excluding carboxylic acids is 2. The fourth-order valence-electron chi connectivity index (χ4n) is 29.3. The fourth-order valence-corrected chi connectivity index (χ4v) is 29.3. The van der Waals surface area contributed by atoms with Gasteiger partial charge in [-0.1, -0.05) is 327 Å².